The molecule has 0 radical (unpaired) electrons. The Morgan fingerprint density at radius 1 is 1.15 bits per heavy atom. The number of carbonyl (C=O) groups is 1. The van der Waals surface area contributed by atoms with Crippen LogP contribution in [0.5, 0.6) is 0 Å². The molecule has 20 heavy (non-hydrogen) atoms. The maximum Gasteiger partial charge on any atom is 0.133 e. The smallest absolute Gasteiger partial charge is 0.133 e. The molecule has 4 rings (SSSR count). The lowest BCUT2D eigenvalue weighted by atomic mass is 9.49. The maximum absolute atomic E-state index is 11.8. The topological polar surface area (TPSA) is 17.1 Å². The van der Waals surface area contributed by atoms with Gasteiger partial charge in [-0.05, 0) is 67.1 Å². The van der Waals surface area contributed by atoms with Crippen LogP contribution in [0.15, 0.2) is 11.6 Å². The summed E-state index contributed by atoms with van der Waals surface area (Å²) in [6, 6.07) is 0. The number of carbonyl (C=O) groups excluding carboxylic acids is 1. The van der Waals surface area contributed by atoms with E-state index in [4.69, 9.17) is 0 Å². The van der Waals surface area contributed by atoms with Crippen LogP contribution in [0.2, 0.25) is 0 Å². The predicted octanol–water partition coefficient (Wildman–Crippen LogP) is 4.91. The van der Waals surface area contributed by atoms with Crippen molar-refractivity contribution in [1.29, 1.82) is 0 Å². The van der Waals surface area contributed by atoms with Crippen LogP contribution in [0.3, 0.4) is 0 Å². The zero-order chi connectivity index (χ0) is 14.0. The highest BCUT2D eigenvalue weighted by atomic mass is 16.1. The molecule has 0 N–H and O–H groups in total. The fourth-order valence-corrected chi connectivity index (χ4v) is 6.31. The molecule has 4 aliphatic carbocycles. The molecule has 0 spiro atoms. The summed E-state index contributed by atoms with van der Waals surface area (Å²) >= 11 is 0. The van der Waals surface area contributed by atoms with Gasteiger partial charge in [0.05, 0.1) is 0 Å². The maximum atomic E-state index is 11.8. The summed E-state index contributed by atoms with van der Waals surface area (Å²) < 4.78 is 0. The molecule has 0 aromatic heterocycles. The van der Waals surface area contributed by atoms with E-state index in [9.17, 15) is 4.79 Å². The minimum Gasteiger partial charge on any atom is -0.300 e. The molecule has 0 bridgehead atoms. The van der Waals surface area contributed by atoms with Crippen molar-refractivity contribution in [3.05, 3.63) is 11.6 Å². The van der Waals surface area contributed by atoms with Gasteiger partial charge < -0.3 is 0 Å². The Bertz CT molecular complexity index is 476. The molecule has 0 heterocycles. The van der Waals surface area contributed by atoms with Crippen molar-refractivity contribution >= 4 is 5.78 Å². The predicted molar refractivity (Wildman–Crippen MR) is 81.3 cm³/mol. The van der Waals surface area contributed by atoms with Gasteiger partial charge in [-0.2, -0.15) is 0 Å². The van der Waals surface area contributed by atoms with Crippen molar-refractivity contribution in [2.45, 2.75) is 71.6 Å². The van der Waals surface area contributed by atoms with Gasteiger partial charge in [0.15, 0.2) is 0 Å². The van der Waals surface area contributed by atoms with Gasteiger partial charge in [0, 0.05) is 12.8 Å². The Balaban J connectivity index is 1.71. The molecule has 0 aliphatic heterocycles. The molecule has 5 atom stereocenters. The Morgan fingerprint density at radius 2 is 2.00 bits per heavy atom. The van der Waals surface area contributed by atoms with E-state index in [1.165, 1.54) is 38.5 Å². The molecule has 1 heteroatoms. The van der Waals surface area contributed by atoms with E-state index < -0.39 is 0 Å². The molecule has 0 saturated heterocycles. The van der Waals surface area contributed by atoms with Crippen LogP contribution in [0.1, 0.15) is 71.6 Å². The van der Waals surface area contributed by atoms with Crippen molar-refractivity contribution in [3.63, 3.8) is 0 Å². The number of fused-ring (bicyclic) bond motifs is 5. The van der Waals surface area contributed by atoms with Gasteiger partial charge in [-0.3, -0.25) is 4.79 Å². The first-order valence-corrected chi connectivity index (χ1v) is 8.75. The van der Waals surface area contributed by atoms with E-state index in [2.05, 4.69) is 19.9 Å². The number of allylic oxidation sites excluding steroid dienone is 2. The first-order chi connectivity index (χ1) is 9.53. The third-order valence-electron chi connectivity index (χ3n) is 7.62. The summed E-state index contributed by atoms with van der Waals surface area (Å²) in [6.07, 6.45) is 13.8. The van der Waals surface area contributed by atoms with Crippen LogP contribution in [0.4, 0.5) is 0 Å². The molecule has 0 aromatic rings. The van der Waals surface area contributed by atoms with Gasteiger partial charge in [0.1, 0.15) is 5.78 Å². The third kappa shape index (κ3) is 1.64. The van der Waals surface area contributed by atoms with Crippen molar-refractivity contribution < 1.29 is 4.79 Å². The number of hydrogen-bond donors (Lipinski definition) is 0. The standard InChI is InChI=1S/C19H28O/c1-18-9-3-4-16(18)15-6-5-13-12-14(20)7-11-19(13,2)17(15)8-10-18/h8,13,15-16H,3-7,9-12H2,1-2H3/t13-,15?,16?,18+,19+/m1/s1. The molecule has 110 valence electrons. The average Bonchev–Trinajstić information content (AvgIpc) is 2.81. The third-order valence-corrected chi connectivity index (χ3v) is 7.62. The van der Waals surface area contributed by atoms with Crippen molar-refractivity contribution in [3.8, 4) is 0 Å². The van der Waals surface area contributed by atoms with E-state index >= 15 is 0 Å². The largest absolute Gasteiger partial charge is 0.300 e. The molecule has 3 saturated carbocycles. The van der Waals surface area contributed by atoms with Gasteiger partial charge in [-0.15, -0.1) is 0 Å². The highest BCUT2D eigenvalue weighted by Gasteiger charge is 2.54. The van der Waals surface area contributed by atoms with E-state index in [1.807, 2.05) is 0 Å². The van der Waals surface area contributed by atoms with E-state index in [0.29, 0.717) is 22.5 Å². The normalized spacial score (nSPS) is 51.0. The number of Topliss-reactive ketones (excluding diaryl/α,β-unsaturated/α-hetero) is 1. The Morgan fingerprint density at radius 3 is 2.85 bits per heavy atom. The van der Waals surface area contributed by atoms with E-state index in [-0.39, 0.29) is 0 Å². The highest BCUT2D eigenvalue weighted by Crippen LogP contribution is 2.63. The van der Waals surface area contributed by atoms with Crippen LogP contribution >= 0.6 is 0 Å². The van der Waals surface area contributed by atoms with Crippen LogP contribution < -0.4 is 0 Å². The van der Waals surface area contributed by atoms with Crippen molar-refractivity contribution in [2.24, 2.45) is 28.6 Å². The first-order valence-electron chi connectivity index (χ1n) is 8.75. The second-order valence-electron chi connectivity index (χ2n) is 8.56. The summed E-state index contributed by atoms with van der Waals surface area (Å²) in [5, 5.41) is 0. The second-order valence-corrected chi connectivity index (χ2v) is 8.56. The molecule has 1 nitrogen and oxygen atoms in total. The Hall–Kier alpha value is -0.590. The summed E-state index contributed by atoms with van der Waals surface area (Å²) in [5.74, 6) is 2.97. The van der Waals surface area contributed by atoms with Crippen molar-refractivity contribution in [1.82, 2.24) is 0 Å². The summed E-state index contributed by atoms with van der Waals surface area (Å²) in [6.45, 7) is 5.02. The van der Waals surface area contributed by atoms with Crippen LogP contribution in [0.25, 0.3) is 0 Å². The molecule has 0 amide bonds. The van der Waals surface area contributed by atoms with Crippen LogP contribution in [-0.4, -0.2) is 5.78 Å². The number of ketones is 1. The van der Waals surface area contributed by atoms with E-state index in [1.54, 1.807) is 5.57 Å². The molecule has 4 aliphatic rings. The molecule has 2 unspecified atom stereocenters. The SMILES string of the molecule is C[C@]12CC=C3C(CC[C@@H]4CC(=O)CC[C@]34C)C1CCC2. The zero-order valence-electron chi connectivity index (χ0n) is 13.1. The van der Waals surface area contributed by atoms with Gasteiger partial charge in [-0.25, -0.2) is 0 Å². The zero-order valence-corrected chi connectivity index (χ0v) is 13.1. The van der Waals surface area contributed by atoms with Crippen LogP contribution in [0, 0.1) is 28.6 Å². The molecule has 3 fully saturated rings. The first kappa shape index (κ1) is 13.1. The minimum atomic E-state index is 0.362. The van der Waals surface area contributed by atoms with Gasteiger partial charge in [0.2, 0.25) is 0 Å². The van der Waals surface area contributed by atoms with Crippen LogP contribution in [-0.2, 0) is 4.79 Å². The summed E-state index contributed by atoms with van der Waals surface area (Å²) in [7, 11) is 0. The quantitative estimate of drug-likeness (QED) is 0.573. The average molecular weight is 272 g/mol. The minimum absolute atomic E-state index is 0.362. The lowest BCUT2D eigenvalue weighted by Gasteiger charge is -2.55. The van der Waals surface area contributed by atoms with E-state index in [0.717, 1.165) is 31.1 Å². The lowest BCUT2D eigenvalue weighted by Crippen LogP contribution is -2.47. The Labute approximate surface area is 123 Å². The second kappa shape index (κ2) is 4.21. The fourth-order valence-electron chi connectivity index (χ4n) is 6.31. The highest BCUT2D eigenvalue weighted by molar-refractivity contribution is 5.80. The Kier molecular flexibility index (Phi) is 2.76. The van der Waals surface area contributed by atoms with Gasteiger partial charge in [-0.1, -0.05) is 31.9 Å². The monoisotopic (exact) mass is 272 g/mol. The van der Waals surface area contributed by atoms with Gasteiger partial charge in [0.25, 0.3) is 0 Å². The summed E-state index contributed by atoms with van der Waals surface area (Å²) in [5.41, 5.74) is 2.74. The fraction of sp³-hybridized carbons (Fsp3) is 0.842. The molecular formula is C19H28O. The molecular weight excluding hydrogens is 244 g/mol. The van der Waals surface area contributed by atoms with Crippen molar-refractivity contribution in [2.75, 3.05) is 0 Å². The van der Waals surface area contributed by atoms with Gasteiger partial charge >= 0.3 is 0 Å². The lowest BCUT2D eigenvalue weighted by molar-refractivity contribution is -0.125. The number of hydrogen-bond acceptors (Lipinski definition) is 1. The molecule has 0 aromatic carbocycles. The summed E-state index contributed by atoms with van der Waals surface area (Å²) in [4.78, 5) is 11.8. The number of rotatable bonds is 0.